The number of fused-ring (bicyclic) bond motifs is 1. The minimum absolute atomic E-state index is 0.0666. The maximum atomic E-state index is 12.8. The first-order valence-corrected chi connectivity index (χ1v) is 10.1. The van der Waals surface area contributed by atoms with E-state index in [4.69, 9.17) is 4.74 Å². The van der Waals surface area contributed by atoms with Crippen LogP contribution in [0.25, 0.3) is 0 Å². The van der Waals surface area contributed by atoms with Gasteiger partial charge in [-0.1, -0.05) is 43.7 Å². The largest absolute Gasteiger partial charge is 0.497 e. The second-order valence-corrected chi connectivity index (χ2v) is 7.14. The number of carbonyl (C=O) groups is 2. The summed E-state index contributed by atoms with van der Waals surface area (Å²) < 4.78 is 5.19. The number of carbonyl (C=O) groups excluding carboxylic acids is 2. The third-order valence-corrected chi connectivity index (χ3v) is 5.02. The predicted molar refractivity (Wildman–Crippen MR) is 114 cm³/mol. The van der Waals surface area contributed by atoms with E-state index in [2.05, 4.69) is 16.9 Å². The first kappa shape index (κ1) is 20.7. The number of allylic oxidation sites excluding steroid dienone is 3. The van der Waals surface area contributed by atoms with Gasteiger partial charge in [0.15, 0.2) is 5.84 Å². The zero-order valence-electron chi connectivity index (χ0n) is 17.0. The van der Waals surface area contributed by atoms with Gasteiger partial charge in [-0.15, -0.1) is 0 Å². The molecule has 0 bridgehead atoms. The summed E-state index contributed by atoms with van der Waals surface area (Å²) in [6, 6.07) is 7.83. The van der Waals surface area contributed by atoms with Gasteiger partial charge < -0.3 is 9.64 Å². The van der Waals surface area contributed by atoms with E-state index >= 15 is 0 Å². The Morgan fingerprint density at radius 3 is 2.69 bits per heavy atom. The Labute approximate surface area is 171 Å². The van der Waals surface area contributed by atoms with E-state index in [1.165, 1.54) is 0 Å². The number of benzene rings is 1. The quantitative estimate of drug-likeness (QED) is 0.646. The van der Waals surface area contributed by atoms with Gasteiger partial charge in [-0.2, -0.15) is 4.99 Å². The second kappa shape index (κ2) is 9.96. The predicted octanol–water partition coefficient (Wildman–Crippen LogP) is 3.38. The number of amidine groups is 1. The van der Waals surface area contributed by atoms with Crippen molar-refractivity contribution in [2.24, 2.45) is 15.9 Å². The van der Waals surface area contributed by atoms with E-state index in [9.17, 15) is 9.59 Å². The van der Waals surface area contributed by atoms with Crippen molar-refractivity contribution in [3.8, 4) is 5.75 Å². The van der Waals surface area contributed by atoms with E-state index in [0.29, 0.717) is 30.9 Å². The number of amides is 2. The molecule has 1 aromatic carbocycles. The third kappa shape index (κ3) is 5.50. The molecule has 0 spiro atoms. The number of nitrogens with zero attached hydrogens (tertiary/aromatic N) is 3. The van der Waals surface area contributed by atoms with E-state index in [1.54, 1.807) is 18.1 Å². The topological polar surface area (TPSA) is 71.3 Å². The molecule has 6 heteroatoms. The van der Waals surface area contributed by atoms with Gasteiger partial charge in [-0.3, -0.25) is 9.59 Å². The Hall–Kier alpha value is -3.02. The van der Waals surface area contributed by atoms with Crippen molar-refractivity contribution in [3.05, 3.63) is 54.1 Å². The van der Waals surface area contributed by atoms with Gasteiger partial charge in [0.25, 0.3) is 5.91 Å². The van der Waals surface area contributed by atoms with Crippen molar-refractivity contribution in [1.29, 1.82) is 0 Å². The molecule has 1 heterocycles. The molecule has 0 radical (unpaired) electrons. The molecule has 1 aliphatic carbocycles. The van der Waals surface area contributed by atoms with Gasteiger partial charge in [-0.25, -0.2) is 4.99 Å². The van der Waals surface area contributed by atoms with Crippen molar-refractivity contribution < 1.29 is 14.3 Å². The summed E-state index contributed by atoms with van der Waals surface area (Å²) in [6.07, 6.45) is 10.3. The molecule has 0 saturated heterocycles. The van der Waals surface area contributed by atoms with Crippen LogP contribution in [0.15, 0.2) is 58.6 Å². The van der Waals surface area contributed by atoms with E-state index in [-0.39, 0.29) is 18.4 Å². The minimum Gasteiger partial charge on any atom is -0.497 e. The van der Waals surface area contributed by atoms with Crippen molar-refractivity contribution in [1.82, 2.24) is 4.90 Å². The number of aliphatic imine (C=N–C) groups is 2. The Morgan fingerprint density at radius 1 is 1.17 bits per heavy atom. The first-order chi connectivity index (χ1) is 14.1. The SMILES string of the molecule is CCCCC(=O)N(CCc1ccc(OC)cc1)CC1=NC(=O)C2C=CC=CC2=N1. The van der Waals surface area contributed by atoms with Crippen LogP contribution in [-0.2, 0) is 16.0 Å². The number of methoxy groups -OCH3 is 1. The average Bonchev–Trinajstić information content (AvgIpc) is 2.75. The molecule has 1 aliphatic heterocycles. The molecule has 2 aliphatic rings. The molecular formula is C23H27N3O3. The van der Waals surface area contributed by atoms with Crippen molar-refractivity contribution in [3.63, 3.8) is 0 Å². The number of hydrogen-bond acceptors (Lipinski definition) is 4. The standard InChI is InChI=1S/C23H27N3O3/c1-3-4-9-22(27)26(15-14-17-10-12-18(29-2)13-11-17)16-21-24-20-8-6-5-7-19(20)23(28)25-21/h5-8,10-13,19H,3-4,9,14-16H2,1-2H3. The lowest BCUT2D eigenvalue weighted by Crippen LogP contribution is -2.39. The smallest absolute Gasteiger partial charge is 0.260 e. The summed E-state index contributed by atoms with van der Waals surface area (Å²) in [6.45, 7) is 2.86. The highest BCUT2D eigenvalue weighted by Crippen LogP contribution is 2.17. The van der Waals surface area contributed by atoms with Crippen LogP contribution in [0.1, 0.15) is 31.7 Å². The first-order valence-electron chi connectivity index (χ1n) is 10.1. The molecule has 3 rings (SSSR count). The number of hydrogen-bond donors (Lipinski definition) is 0. The molecule has 1 unspecified atom stereocenters. The molecule has 2 amide bonds. The maximum Gasteiger partial charge on any atom is 0.260 e. The zero-order valence-corrected chi connectivity index (χ0v) is 17.0. The van der Waals surface area contributed by atoms with Crippen LogP contribution in [0.4, 0.5) is 0 Å². The Bertz CT molecular complexity index is 866. The van der Waals surface area contributed by atoms with Gasteiger partial charge in [0.1, 0.15) is 11.7 Å². The van der Waals surface area contributed by atoms with Crippen LogP contribution < -0.4 is 4.74 Å². The van der Waals surface area contributed by atoms with Crippen LogP contribution in [0.5, 0.6) is 5.75 Å². The van der Waals surface area contributed by atoms with E-state index in [1.807, 2.05) is 42.5 Å². The molecule has 0 fully saturated rings. The zero-order chi connectivity index (χ0) is 20.6. The summed E-state index contributed by atoms with van der Waals surface area (Å²) in [5.41, 5.74) is 1.81. The molecule has 29 heavy (non-hydrogen) atoms. The Balaban J connectivity index is 1.70. The molecule has 0 N–H and O–H groups in total. The van der Waals surface area contributed by atoms with E-state index in [0.717, 1.165) is 24.2 Å². The average molecular weight is 393 g/mol. The fourth-order valence-electron chi connectivity index (χ4n) is 3.29. The fourth-order valence-corrected chi connectivity index (χ4v) is 3.29. The van der Waals surface area contributed by atoms with Crippen LogP contribution >= 0.6 is 0 Å². The van der Waals surface area contributed by atoms with Gasteiger partial charge in [0.05, 0.1) is 19.4 Å². The Kier molecular flexibility index (Phi) is 7.11. The molecule has 1 atom stereocenters. The van der Waals surface area contributed by atoms with Crippen LogP contribution in [0.3, 0.4) is 0 Å². The number of rotatable bonds is 9. The monoisotopic (exact) mass is 393 g/mol. The van der Waals surface area contributed by atoms with Crippen molar-refractivity contribution in [2.75, 3.05) is 20.2 Å². The number of unbranched alkanes of at least 4 members (excludes halogenated alkanes) is 1. The van der Waals surface area contributed by atoms with Gasteiger partial charge in [0, 0.05) is 13.0 Å². The highest BCUT2D eigenvalue weighted by Gasteiger charge is 2.27. The molecule has 0 aromatic heterocycles. The molecular weight excluding hydrogens is 366 g/mol. The Morgan fingerprint density at radius 2 is 1.97 bits per heavy atom. The highest BCUT2D eigenvalue weighted by molar-refractivity contribution is 6.21. The fraction of sp³-hybridized carbons (Fsp3) is 0.391. The second-order valence-electron chi connectivity index (χ2n) is 7.14. The van der Waals surface area contributed by atoms with Crippen LogP contribution in [-0.4, -0.2) is 48.5 Å². The third-order valence-electron chi connectivity index (χ3n) is 5.02. The summed E-state index contributed by atoms with van der Waals surface area (Å²) in [7, 11) is 1.64. The van der Waals surface area contributed by atoms with Crippen LogP contribution in [0, 0.1) is 5.92 Å². The van der Waals surface area contributed by atoms with Gasteiger partial charge in [-0.05, 0) is 36.6 Å². The van der Waals surface area contributed by atoms with Crippen molar-refractivity contribution in [2.45, 2.75) is 32.6 Å². The van der Waals surface area contributed by atoms with Crippen molar-refractivity contribution >= 4 is 23.4 Å². The molecule has 0 saturated carbocycles. The molecule has 152 valence electrons. The lowest BCUT2D eigenvalue weighted by atomic mass is 9.96. The lowest BCUT2D eigenvalue weighted by Gasteiger charge is -2.25. The summed E-state index contributed by atoms with van der Waals surface area (Å²) in [5, 5.41) is 0. The lowest BCUT2D eigenvalue weighted by molar-refractivity contribution is -0.130. The highest BCUT2D eigenvalue weighted by atomic mass is 16.5. The van der Waals surface area contributed by atoms with Gasteiger partial charge in [0.2, 0.25) is 5.91 Å². The van der Waals surface area contributed by atoms with Gasteiger partial charge >= 0.3 is 0 Å². The summed E-state index contributed by atoms with van der Waals surface area (Å²) in [4.78, 5) is 35.5. The maximum absolute atomic E-state index is 12.8. The summed E-state index contributed by atoms with van der Waals surface area (Å²) >= 11 is 0. The normalized spacial score (nSPS) is 17.4. The summed E-state index contributed by atoms with van der Waals surface area (Å²) in [5.74, 6) is 0.659. The minimum atomic E-state index is -0.396. The van der Waals surface area contributed by atoms with Crippen LogP contribution in [0.2, 0.25) is 0 Å². The molecule has 6 nitrogen and oxygen atoms in total. The van der Waals surface area contributed by atoms with E-state index < -0.39 is 5.92 Å². The number of ether oxygens (including phenoxy) is 1. The molecule has 1 aromatic rings.